The summed E-state index contributed by atoms with van der Waals surface area (Å²) in [6.45, 7) is 5.95. The Morgan fingerprint density at radius 2 is 2.04 bits per heavy atom. The molecule has 8 nitrogen and oxygen atoms in total. The van der Waals surface area contributed by atoms with E-state index in [0.29, 0.717) is 35.3 Å². The third-order valence-corrected chi connectivity index (χ3v) is 4.57. The van der Waals surface area contributed by atoms with Gasteiger partial charge in [-0.1, -0.05) is 13.3 Å². The molecule has 8 heteroatoms. The normalized spacial score (nSPS) is 15.7. The maximum atomic E-state index is 13.0. The van der Waals surface area contributed by atoms with Crippen molar-refractivity contribution in [3.63, 3.8) is 0 Å². The Hall–Kier alpha value is -3.03. The Bertz CT molecular complexity index is 904. The van der Waals surface area contributed by atoms with Crippen molar-refractivity contribution in [3.8, 4) is 11.5 Å². The number of rotatable bonds is 7. The van der Waals surface area contributed by atoms with Crippen molar-refractivity contribution in [1.29, 1.82) is 0 Å². The minimum atomic E-state index is -0.539. The van der Waals surface area contributed by atoms with E-state index >= 15 is 0 Å². The summed E-state index contributed by atoms with van der Waals surface area (Å²) >= 11 is 0. The van der Waals surface area contributed by atoms with Gasteiger partial charge in [0.05, 0.1) is 26.4 Å². The van der Waals surface area contributed by atoms with Crippen LogP contribution in [0.3, 0.4) is 0 Å². The number of anilines is 1. The van der Waals surface area contributed by atoms with Crippen molar-refractivity contribution >= 4 is 11.9 Å². The van der Waals surface area contributed by atoms with Gasteiger partial charge in [0.25, 0.3) is 0 Å². The quantitative estimate of drug-likeness (QED) is 0.731. The Balaban J connectivity index is 2.27. The van der Waals surface area contributed by atoms with E-state index in [-0.39, 0.29) is 12.6 Å². The van der Waals surface area contributed by atoms with Crippen LogP contribution in [0.1, 0.15) is 44.1 Å². The zero-order chi connectivity index (χ0) is 20.3. The summed E-state index contributed by atoms with van der Waals surface area (Å²) < 4.78 is 18.1. The first-order valence-electron chi connectivity index (χ1n) is 9.36. The number of carbonyl (C=O) groups is 1. The highest BCUT2D eigenvalue weighted by Gasteiger charge is 2.37. The number of nitrogens with one attached hydrogen (secondary N) is 1. The molecule has 0 amide bonds. The number of hydrogen-bond acceptors (Lipinski definition) is 7. The maximum absolute atomic E-state index is 13.0. The molecule has 150 valence electrons. The molecule has 0 fully saturated rings. The van der Waals surface area contributed by atoms with Crippen LogP contribution in [0.25, 0.3) is 0 Å². The summed E-state index contributed by atoms with van der Waals surface area (Å²) in [4.78, 5) is 17.5. The topological polar surface area (TPSA) is 87.5 Å². The van der Waals surface area contributed by atoms with Crippen molar-refractivity contribution in [3.05, 3.63) is 40.9 Å². The lowest BCUT2D eigenvalue weighted by molar-refractivity contribution is -0.139. The average Bonchev–Trinajstić information content (AvgIpc) is 3.06. The SMILES string of the molecule is CCCC1=C(C(=O)OCC)[C@@H](c2cc(OC)ccc2OC)n2nc(C)nc2N1. The first-order chi connectivity index (χ1) is 13.5. The lowest BCUT2D eigenvalue weighted by atomic mass is 9.93. The van der Waals surface area contributed by atoms with Gasteiger partial charge in [0, 0.05) is 11.3 Å². The van der Waals surface area contributed by atoms with Gasteiger partial charge in [-0.25, -0.2) is 9.48 Å². The van der Waals surface area contributed by atoms with Crippen LogP contribution in [0.5, 0.6) is 11.5 Å². The molecule has 1 aromatic heterocycles. The van der Waals surface area contributed by atoms with Crippen molar-refractivity contribution in [2.75, 3.05) is 26.1 Å². The molecule has 2 heterocycles. The fraction of sp³-hybridized carbons (Fsp3) is 0.450. The van der Waals surface area contributed by atoms with E-state index in [2.05, 4.69) is 22.3 Å². The monoisotopic (exact) mass is 386 g/mol. The average molecular weight is 386 g/mol. The predicted octanol–water partition coefficient (Wildman–Crippen LogP) is 3.24. The number of hydrogen-bond donors (Lipinski definition) is 1. The van der Waals surface area contributed by atoms with E-state index in [1.54, 1.807) is 25.8 Å². The van der Waals surface area contributed by atoms with Crippen LogP contribution >= 0.6 is 0 Å². The summed E-state index contributed by atoms with van der Waals surface area (Å²) in [6.07, 6.45) is 1.54. The van der Waals surface area contributed by atoms with Crippen LogP contribution in [-0.2, 0) is 9.53 Å². The van der Waals surface area contributed by atoms with Gasteiger partial charge in [0.1, 0.15) is 23.4 Å². The number of benzene rings is 1. The lowest BCUT2D eigenvalue weighted by Gasteiger charge is -2.30. The van der Waals surface area contributed by atoms with Crippen LogP contribution in [0.15, 0.2) is 29.5 Å². The van der Waals surface area contributed by atoms with Crippen LogP contribution in [-0.4, -0.2) is 41.6 Å². The van der Waals surface area contributed by atoms with E-state index < -0.39 is 6.04 Å². The van der Waals surface area contributed by atoms with E-state index in [9.17, 15) is 4.79 Å². The number of aromatic nitrogens is 3. The summed E-state index contributed by atoms with van der Waals surface area (Å²) in [5, 5.41) is 7.80. The van der Waals surface area contributed by atoms with Crippen molar-refractivity contribution in [2.45, 2.75) is 39.7 Å². The Kier molecular flexibility index (Phi) is 5.87. The molecule has 1 atom stereocenters. The van der Waals surface area contributed by atoms with Crippen LogP contribution in [0.2, 0.25) is 0 Å². The second-order valence-electron chi connectivity index (χ2n) is 6.43. The van der Waals surface area contributed by atoms with E-state index in [0.717, 1.165) is 17.7 Å². The van der Waals surface area contributed by atoms with Crippen LogP contribution in [0.4, 0.5) is 5.95 Å². The zero-order valence-electron chi connectivity index (χ0n) is 16.9. The van der Waals surface area contributed by atoms with Gasteiger partial charge in [-0.05, 0) is 38.5 Å². The summed E-state index contributed by atoms with van der Waals surface area (Å²) in [5.41, 5.74) is 2.05. The highest BCUT2D eigenvalue weighted by atomic mass is 16.5. The van der Waals surface area contributed by atoms with Crippen LogP contribution in [0, 0.1) is 6.92 Å². The number of nitrogens with zero attached hydrogens (tertiary/aromatic N) is 3. The Morgan fingerprint density at radius 1 is 1.25 bits per heavy atom. The molecule has 0 saturated heterocycles. The highest BCUT2D eigenvalue weighted by molar-refractivity contribution is 5.92. The van der Waals surface area contributed by atoms with Crippen LogP contribution < -0.4 is 14.8 Å². The number of esters is 1. The predicted molar refractivity (Wildman–Crippen MR) is 105 cm³/mol. The Morgan fingerprint density at radius 3 is 2.68 bits per heavy atom. The third-order valence-electron chi connectivity index (χ3n) is 4.57. The molecule has 0 spiro atoms. The van der Waals surface area contributed by atoms with Gasteiger partial charge in [-0.2, -0.15) is 10.1 Å². The largest absolute Gasteiger partial charge is 0.497 e. The molecule has 28 heavy (non-hydrogen) atoms. The fourth-order valence-corrected chi connectivity index (χ4v) is 3.42. The lowest BCUT2D eigenvalue weighted by Crippen LogP contribution is -2.30. The fourth-order valence-electron chi connectivity index (χ4n) is 3.42. The summed E-state index contributed by atoms with van der Waals surface area (Å²) in [7, 11) is 3.20. The van der Waals surface area contributed by atoms with Gasteiger partial charge in [0.2, 0.25) is 5.95 Å². The molecule has 0 saturated carbocycles. The molecule has 0 bridgehead atoms. The minimum Gasteiger partial charge on any atom is -0.497 e. The van der Waals surface area contributed by atoms with Gasteiger partial charge < -0.3 is 19.5 Å². The molecule has 0 unspecified atom stereocenters. The summed E-state index contributed by atoms with van der Waals surface area (Å²) in [5.74, 6) is 2.10. The van der Waals surface area contributed by atoms with Gasteiger partial charge in [-0.15, -0.1) is 0 Å². The summed E-state index contributed by atoms with van der Waals surface area (Å²) in [6, 6.07) is 4.96. The maximum Gasteiger partial charge on any atom is 0.338 e. The molecule has 0 aliphatic carbocycles. The molecule has 1 N–H and O–H groups in total. The first kappa shape index (κ1) is 19.7. The molecular formula is C20H26N4O4. The molecule has 1 aromatic carbocycles. The molecule has 1 aliphatic heterocycles. The molecule has 3 rings (SSSR count). The Labute approximate surface area is 164 Å². The highest BCUT2D eigenvalue weighted by Crippen LogP contribution is 2.41. The number of carbonyl (C=O) groups excluding carboxylic acids is 1. The van der Waals surface area contributed by atoms with E-state index in [1.165, 1.54) is 0 Å². The van der Waals surface area contributed by atoms with Crippen molar-refractivity contribution < 1.29 is 19.0 Å². The number of ether oxygens (including phenoxy) is 3. The van der Waals surface area contributed by atoms with Gasteiger partial charge in [0.15, 0.2) is 0 Å². The first-order valence-corrected chi connectivity index (χ1v) is 9.36. The van der Waals surface area contributed by atoms with E-state index in [4.69, 9.17) is 14.2 Å². The zero-order valence-corrected chi connectivity index (χ0v) is 16.9. The molecular weight excluding hydrogens is 360 g/mol. The molecule has 0 radical (unpaired) electrons. The third kappa shape index (κ3) is 3.54. The van der Waals surface area contributed by atoms with Crippen molar-refractivity contribution in [1.82, 2.24) is 14.8 Å². The number of allylic oxidation sites excluding steroid dienone is 1. The minimum absolute atomic E-state index is 0.285. The van der Waals surface area contributed by atoms with Gasteiger partial charge >= 0.3 is 5.97 Å². The number of methoxy groups -OCH3 is 2. The van der Waals surface area contributed by atoms with Gasteiger partial charge in [-0.3, -0.25) is 0 Å². The molecule has 2 aromatic rings. The second kappa shape index (κ2) is 8.33. The number of fused-ring (bicyclic) bond motifs is 1. The van der Waals surface area contributed by atoms with Crippen molar-refractivity contribution in [2.24, 2.45) is 0 Å². The van der Waals surface area contributed by atoms with E-state index in [1.807, 2.05) is 25.1 Å². The molecule has 1 aliphatic rings. The second-order valence-corrected chi connectivity index (χ2v) is 6.43. The smallest absolute Gasteiger partial charge is 0.338 e. The number of aryl methyl sites for hydroxylation is 1. The standard InChI is InChI=1S/C20H26N4O4/c1-6-8-15-17(19(25)28-7-2)18(24-20(22-15)21-12(3)23-24)14-11-13(26-4)9-10-16(14)27-5/h9-11,18H,6-8H2,1-5H3,(H,21,22,23)/t18-/m1/s1.